The van der Waals surface area contributed by atoms with Gasteiger partial charge in [0.15, 0.2) is 0 Å². The molecule has 0 bridgehead atoms. The molecule has 1 unspecified atom stereocenters. The van der Waals surface area contributed by atoms with Crippen LogP contribution in [-0.2, 0) is 14.8 Å². The first-order chi connectivity index (χ1) is 9.87. The maximum Gasteiger partial charge on any atom is 0.337 e. The zero-order chi connectivity index (χ0) is 15.6. The fraction of sp³-hybridized carbons (Fsp3) is 0.500. The second-order valence-corrected chi connectivity index (χ2v) is 7.36. The van der Waals surface area contributed by atoms with Gasteiger partial charge >= 0.3 is 5.97 Å². The highest BCUT2D eigenvalue weighted by molar-refractivity contribution is 7.89. The van der Waals surface area contributed by atoms with Crippen molar-refractivity contribution >= 4 is 27.6 Å². The summed E-state index contributed by atoms with van der Waals surface area (Å²) in [6.07, 6.45) is 2.68. The lowest BCUT2D eigenvalue weighted by molar-refractivity contribution is 0.0600. The van der Waals surface area contributed by atoms with E-state index < -0.39 is 16.0 Å². The van der Waals surface area contributed by atoms with E-state index in [-0.39, 0.29) is 21.5 Å². The predicted octanol–water partition coefficient (Wildman–Crippen LogP) is 2.69. The molecular formula is C14H18ClNO4S. The van der Waals surface area contributed by atoms with E-state index in [1.165, 1.54) is 29.6 Å². The second kappa shape index (κ2) is 6.34. The topological polar surface area (TPSA) is 63.7 Å². The van der Waals surface area contributed by atoms with Gasteiger partial charge in [-0.15, -0.1) is 0 Å². The molecule has 0 amide bonds. The Hall–Kier alpha value is -1.11. The van der Waals surface area contributed by atoms with E-state index in [1.807, 2.05) is 6.92 Å². The quantitative estimate of drug-likeness (QED) is 0.799. The summed E-state index contributed by atoms with van der Waals surface area (Å²) < 4.78 is 31.6. The van der Waals surface area contributed by atoms with Gasteiger partial charge < -0.3 is 4.74 Å². The van der Waals surface area contributed by atoms with Crippen LogP contribution >= 0.6 is 11.6 Å². The molecule has 0 spiro atoms. The molecule has 0 aliphatic carbocycles. The zero-order valence-corrected chi connectivity index (χ0v) is 13.6. The van der Waals surface area contributed by atoms with E-state index in [1.54, 1.807) is 0 Å². The summed E-state index contributed by atoms with van der Waals surface area (Å²) in [4.78, 5) is 11.5. The van der Waals surface area contributed by atoms with Gasteiger partial charge in [0.25, 0.3) is 0 Å². The Kier molecular flexibility index (Phi) is 4.91. The molecule has 1 aliphatic heterocycles. The number of carbonyl (C=O) groups is 1. The van der Waals surface area contributed by atoms with E-state index in [0.29, 0.717) is 6.54 Å². The second-order valence-electron chi connectivity index (χ2n) is 5.10. The number of piperidine rings is 1. The average Bonchev–Trinajstić information content (AvgIpc) is 2.47. The first kappa shape index (κ1) is 16.3. The smallest absolute Gasteiger partial charge is 0.337 e. The van der Waals surface area contributed by atoms with E-state index in [2.05, 4.69) is 4.74 Å². The summed E-state index contributed by atoms with van der Waals surface area (Å²) in [6.45, 7) is 2.36. The van der Waals surface area contributed by atoms with Crippen molar-refractivity contribution in [3.8, 4) is 0 Å². The zero-order valence-electron chi connectivity index (χ0n) is 12.0. The number of hydrogen-bond acceptors (Lipinski definition) is 4. The number of carbonyl (C=O) groups excluding carboxylic acids is 1. The van der Waals surface area contributed by atoms with Crippen LogP contribution in [0.4, 0.5) is 0 Å². The minimum Gasteiger partial charge on any atom is -0.465 e. The van der Waals surface area contributed by atoms with Gasteiger partial charge in [-0.3, -0.25) is 0 Å². The summed E-state index contributed by atoms with van der Waals surface area (Å²) in [5.74, 6) is -0.588. The van der Waals surface area contributed by atoms with Gasteiger partial charge in [-0.2, -0.15) is 4.31 Å². The van der Waals surface area contributed by atoms with Crippen LogP contribution in [-0.4, -0.2) is 38.4 Å². The minimum absolute atomic E-state index is 0.0409. The summed E-state index contributed by atoms with van der Waals surface area (Å²) in [7, 11) is -2.46. The molecule has 0 saturated carbocycles. The number of hydrogen-bond donors (Lipinski definition) is 0. The first-order valence-electron chi connectivity index (χ1n) is 6.77. The normalized spacial score (nSPS) is 20.2. The Balaban J connectivity index is 2.46. The van der Waals surface area contributed by atoms with Crippen molar-refractivity contribution in [3.05, 3.63) is 28.8 Å². The molecular weight excluding hydrogens is 314 g/mol. The fourth-order valence-electron chi connectivity index (χ4n) is 2.50. The third-order valence-corrected chi connectivity index (χ3v) is 6.18. The van der Waals surface area contributed by atoms with Crippen molar-refractivity contribution in [2.24, 2.45) is 0 Å². The lowest BCUT2D eigenvalue weighted by Crippen LogP contribution is -2.42. The maximum absolute atomic E-state index is 12.8. The van der Waals surface area contributed by atoms with Gasteiger partial charge in [0, 0.05) is 12.6 Å². The third kappa shape index (κ3) is 3.22. The van der Waals surface area contributed by atoms with Crippen LogP contribution < -0.4 is 0 Å². The van der Waals surface area contributed by atoms with E-state index in [0.717, 1.165) is 19.3 Å². The molecule has 7 heteroatoms. The van der Waals surface area contributed by atoms with Crippen LogP contribution in [0.5, 0.6) is 0 Å². The number of ether oxygens (including phenoxy) is 1. The van der Waals surface area contributed by atoms with Gasteiger partial charge in [0.1, 0.15) is 4.90 Å². The molecule has 2 rings (SSSR count). The number of methoxy groups -OCH3 is 1. The molecule has 0 aromatic heterocycles. The Morgan fingerprint density at radius 3 is 2.71 bits per heavy atom. The monoisotopic (exact) mass is 331 g/mol. The molecule has 1 aliphatic rings. The van der Waals surface area contributed by atoms with Crippen molar-refractivity contribution in [2.75, 3.05) is 13.7 Å². The Morgan fingerprint density at radius 2 is 2.10 bits per heavy atom. The van der Waals surface area contributed by atoms with Gasteiger partial charge in [-0.25, -0.2) is 13.2 Å². The number of nitrogens with zero attached hydrogens (tertiary/aromatic N) is 1. The largest absolute Gasteiger partial charge is 0.465 e. The summed E-state index contributed by atoms with van der Waals surface area (Å²) >= 11 is 6.04. The molecule has 1 heterocycles. The number of sulfonamides is 1. The van der Waals surface area contributed by atoms with Crippen LogP contribution in [0.1, 0.15) is 36.5 Å². The Bertz CT molecular complexity index is 644. The van der Waals surface area contributed by atoms with E-state index in [4.69, 9.17) is 11.6 Å². The summed E-state index contributed by atoms with van der Waals surface area (Å²) in [5, 5.41) is 0.112. The third-order valence-electron chi connectivity index (χ3n) is 3.68. The van der Waals surface area contributed by atoms with Gasteiger partial charge in [-0.1, -0.05) is 18.0 Å². The minimum atomic E-state index is -3.71. The predicted molar refractivity (Wildman–Crippen MR) is 80.0 cm³/mol. The van der Waals surface area contributed by atoms with Gasteiger partial charge in [0.05, 0.1) is 17.7 Å². The van der Waals surface area contributed by atoms with Crippen molar-refractivity contribution in [3.63, 3.8) is 0 Å². The fourth-order valence-corrected chi connectivity index (χ4v) is 4.70. The van der Waals surface area contributed by atoms with Crippen LogP contribution in [0.3, 0.4) is 0 Å². The molecule has 1 atom stereocenters. The number of rotatable bonds is 3. The SMILES string of the molecule is COC(=O)c1ccc(Cl)c(S(=O)(=O)N2CCCCC2C)c1. The molecule has 1 saturated heterocycles. The number of halogens is 1. The highest BCUT2D eigenvalue weighted by Gasteiger charge is 2.32. The molecule has 1 aromatic rings. The van der Waals surface area contributed by atoms with E-state index >= 15 is 0 Å². The van der Waals surface area contributed by atoms with E-state index in [9.17, 15) is 13.2 Å². The van der Waals surface area contributed by atoms with Crippen LogP contribution in [0.15, 0.2) is 23.1 Å². The average molecular weight is 332 g/mol. The van der Waals surface area contributed by atoms with Crippen LogP contribution in [0.2, 0.25) is 5.02 Å². The number of esters is 1. The lowest BCUT2D eigenvalue weighted by atomic mass is 10.1. The highest BCUT2D eigenvalue weighted by Crippen LogP contribution is 2.30. The lowest BCUT2D eigenvalue weighted by Gasteiger charge is -2.32. The summed E-state index contributed by atoms with van der Waals surface area (Å²) in [6, 6.07) is 4.08. The Morgan fingerprint density at radius 1 is 1.38 bits per heavy atom. The standard InChI is InChI=1S/C14H18ClNO4S/c1-10-5-3-4-8-16(10)21(18,19)13-9-11(14(17)20-2)6-7-12(13)15/h6-7,9-10H,3-5,8H2,1-2H3. The van der Waals surface area contributed by atoms with Gasteiger partial charge in [-0.05, 0) is 38.0 Å². The van der Waals surface area contributed by atoms with Crippen molar-refractivity contribution in [2.45, 2.75) is 37.1 Å². The maximum atomic E-state index is 12.8. The number of benzene rings is 1. The molecule has 21 heavy (non-hydrogen) atoms. The Labute approximate surface area is 129 Å². The molecule has 0 N–H and O–H groups in total. The van der Waals surface area contributed by atoms with Gasteiger partial charge in [0.2, 0.25) is 10.0 Å². The molecule has 1 fully saturated rings. The molecule has 5 nitrogen and oxygen atoms in total. The van der Waals surface area contributed by atoms with Crippen molar-refractivity contribution in [1.82, 2.24) is 4.31 Å². The molecule has 116 valence electrons. The first-order valence-corrected chi connectivity index (χ1v) is 8.59. The van der Waals surface area contributed by atoms with Crippen molar-refractivity contribution < 1.29 is 17.9 Å². The molecule has 1 aromatic carbocycles. The van der Waals surface area contributed by atoms with Crippen molar-refractivity contribution in [1.29, 1.82) is 0 Å². The van der Waals surface area contributed by atoms with Crippen LogP contribution in [0.25, 0.3) is 0 Å². The highest BCUT2D eigenvalue weighted by atomic mass is 35.5. The van der Waals surface area contributed by atoms with Crippen LogP contribution in [0, 0.1) is 0 Å². The summed E-state index contributed by atoms with van der Waals surface area (Å²) in [5.41, 5.74) is 0.171. The molecule has 0 radical (unpaired) electrons.